The number of hydrogen-bond acceptors (Lipinski definition) is 10. The van der Waals surface area contributed by atoms with E-state index in [1.165, 1.54) is 23.8 Å². The van der Waals surface area contributed by atoms with Crippen molar-refractivity contribution in [3.05, 3.63) is 81.9 Å². The van der Waals surface area contributed by atoms with E-state index in [1.807, 2.05) is 18.2 Å². The van der Waals surface area contributed by atoms with Crippen LogP contribution in [0.15, 0.2) is 48.5 Å². The predicted octanol–water partition coefficient (Wildman–Crippen LogP) is 6.88. The van der Waals surface area contributed by atoms with Crippen LogP contribution in [0.3, 0.4) is 0 Å². The summed E-state index contributed by atoms with van der Waals surface area (Å²) in [5.74, 6) is 4.66. The van der Waals surface area contributed by atoms with Gasteiger partial charge in [-0.05, 0) is 98.4 Å². The summed E-state index contributed by atoms with van der Waals surface area (Å²) < 4.78 is 43.1. The molecule has 4 aliphatic rings. The van der Waals surface area contributed by atoms with E-state index in [1.54, 1.807) is 34.5 Å². The van der Waals surface area contributed by atoms with Crippen molar-refractivity contribution in [1.29, 1.82) is 0 Å². The number of aromatic hydroxyl groups is 1. The van der Waals surface area contributed by atoms with Gasteiger partial charge in [0.1, 0.15) is 5.75 Å². The summed E-state index contributed by atoms with van der Waals surface area (Å²) in [7, 11) is 12.3. The standard InChI is InChI=1S/C39H44N2O8/c1-40-14-12-24-20-31(43-3)32-21-27(24)28(40)16-22-8-10-25(11-9-22)48-33-19-23(18-30(42)36(33)45-5)17-29-34-26(13-15-41(29)2)35(44-4)38(46-6)39(47-7)37(34)49-32/h8-11,18-21,28-29,42H,12-17H2,1-7H3/t28-,29+/m0/s1. The fraction of sp³-hybridized carbons (Fsp3) is 0.385. The van der Waals surface area contributed by atoms with Gasteiger partial charge < -0.3 is 38.3 Å². The van der Waals surface area contributed by atoms with E-state index in [9.17, 15) is 5.11 Å². The van der Waals surface area contributed by atoms with Gasteiger partial charge in [-0.15, -0.1) is 0 Å². The van der Waals surface area contributed by atoms with E-state index in [0.29, 0.717) is 58.8 Å². The van der Waals surface area contributed by atoms with Gasteiger partial charge in [-0.1, -0.05) is 12.1 Å². The maximum atomic E-state index is 11.2. The zero-order valence-corrected chi connectivity index (χ0v) is 29.2. The summed E-state index contributed by atoms with van der Waals surface area (Å²) in [6, 6.07) is 15.9. The Balaban J connectivity index is 1.51. The van der Waals surface area contributed by atoms with Crippen LogP contribution in [0.1, 0.15) is 45.5 Å². The van der Waals surface area contributed by atoms with E-state index < -0.39 is 0 Å². The number of benzene rings is 4. The minimum atomic E-state index is -0.200. The molecule has 4 aliphatic heterocycles. The second-order valence-corrected chi connectivity index (χ2v) is 12.9. The quantitative estimate of drug-likeness (QED) is 0.243. The molecule has 4 aromatic rings. The molecule has 0 spiro atoms. The second kappa shape index (κ2) is 13.2. The summed E-state index contributed by atoms with van der Waals surface area (Å²) in [6.07, 6.45) is 2.91. The summed E-state index contributed by atoms with van der Waals surface area (Å²) in [4.78, 5) is 4.68. The number of rotatable bonds is 5. The average Bonchev–Trinajstić information content (AvgIpc) is 3.10. The highest BCUT2D eigenvalue weighted by molar-refractivity contribution is 5.70. The Kier molecular flexibility index (Phi) is 8.85. The van der Waals surface area contributed by atoms with Gasteiger partial charge in [0, 0.05) is 36.3 Å². The molecule has 49 heavy (non-hydrogen) atoms. The van der Waals surface area contributed by atoms with E-state index in [4.69, 9.17) is 33.2 Å². The first kappa shape index (κ1) is 32.7. The first-order valence-electron chi connectivity index (χ1n) is 16.6. The van der Waals surface area contributed by atoms with Crippen molar-refractivity contribution in [1.82, 2.24) is 9.80 Å². The fourth-order valence-corrected chi connectivity index (χ4v) is 7.69. The van der Waals surface area contributed by atoms with Crippen molar-refractivity contribution >= 4 is 0 Å². The highest BCUT2D eigenvalue weighted by atomic mass is 16.6. The molecule has 0 saturated carbocycles. The Labute approximate surface area is 287 Å². The Hall–Kier alpha value is -4.80. The Morgan fingerprint density at radius 2 is 1.33 bits per heavy atom. The lowest BCUT2D eigenvalue weighted by atomic mass is 9.86. The van der Waals surface area contributed by atoms with Crippen molar-refractivity contribution in [2.45, 2.75) is 37.8 Å². The molecule has 2 atom stereocenters. The van der Waals surface area contributed by atoms with Gasteiger partial charge in [0.2, 0.25) is 17.2 Å². The van der Waals surface area contributed by atoms with Gasteiger partial charge in [-0.2, -0.15) is 0 Å². The van der Waals surface area contributed by atoms with E-state index in [2.05, 4.69) is 48.2 Å². The molecule has 0 saturated heterocycles. The molecule has 1 N–H and O–H groups in total. The highest BCUT2D eigenvalue weighted by Gasteiger charge is 2.38. The van der Waals surface area contributed by atoms with E-state index >= 15 is 0 Å². The van der Waals surface area contributed by atoms with Crippen LogP contribution in [0, 0.1) is 0 Å². The third-order valence-corrected chi connectivity index (χ3v) is 10.2. The third-order valence-electron chi connectivity index (χ3n) is 10.2. The molecule has 258 valence electrons. The molecule has 0 aromatic heterocycles. The molecule has 0 radical (unpaired) electrons. The van der Waals surface area contributed by atoms with E-state index in [-0.39, 0.29) is 23.6 Å². The molecule has 0 aliphatic carbocycles. The lowest BCUT2D eigenvalue weighted by Gasteiger charge is -2.38. The highest BCUT2D eigenvalue weighted by Crippen LogP contribution is 2.56. The molecule has 0 fully saturated rings. The monoisotopic (exact) mass is 668 g/mol. The fourth-order valence-electron chi connectivity index (χ4n) is 7.69. The largest absolute Gasteiger partial charge is 0.504 e. The Morgan fingerprint density at radius 1 is 0.653 bits per heavy atom. The van der Waals surface area contributed by atoms with Gasteiger partial charge >= 0.3 is 0 Å². The maximum absolute atomic E-state index is 11.2. The number of phenolic OH excluding ortho intramolecular Hbond substituents is 1. The van der Waals surface area contributed by atoms with Crippen molar-refractivity contribution in [2.75, 3.05) is 62.7 Å². The molecule has 6 bridgehead atoms. The first-order chi connectivity index (χ1) is 23.8. The number of likely N-dealkylation sites (N-methyl/N-ethyl adjacent to an activating group) is 2. The SMILES string of the molecule is COc1cc2c3cc1Oc1c(OC)c(OC)c(OC)c4c1[C@@H](Cc1cc(O)c(OC)c(c1)Oc1ccc(cc1)C[C@@H]3N(C)CC2)N(C)CC4. The molecule has 0 amide bonds. The summed E-state index contributed by atoms with van der Waals surface area (Å²) in [5.41, 5.74) is 6.37. The Bertz CT molecular complexity index is 1880. The molecule has 4 aromatic carbocycles. The van der Waals surface area contributed by atoms with Gasteiger partial charge in [0.25, 0.3) is 0 Å². The van der Waals surface area contributed by atoms with Crippen LogP contribution < -0.4 is 33.2 Å². The first-order valence-corrected chi connectivity index (χ1v) is 16.6. The summed E-state index contributed by atoms with van der Waals surface area (Å²) in [6.45, 7) is 1.68. The van der Waals surface area contributed by atoms with Crippen LogP contribution in [0.25, 0.3) is 0 Å². The molecule has 0 unspecified atom stereocenters. The predicted molar refractivity (Wildman–Crippen MR) is 186 cm³/mol. The van der Waals surface area contributed by atoms with Crippen LogP contribution >= 0.6 is 0 Å². The minimum Gasteiger partial charge on any atom is -0.504 e. The topological polar surface area (TPSA) is 91.3 Å². The number of hydrogen-bond donors (Lipinski definition) is 1. The number of fused-ring (bicyclic) bond motifs is 2. The lowest BCUT2D eigenvalue weighted by molar-refractivity contribution is 0.215. The van der Waals surface area contributed by atoms with Crippen LogP contribution in [0.5, 0.6) is 57.5 Å². The van der Waals surface area contributed by atoms with Gasteiger partial charge in [-0.3, -0.25) is 9.80 Å². The van der Waals surface area contributed by atoms with Crippen molar-refractivity contribution in [3.63, 3.8) is 0 Å². The minimum absolute atomic E-state index is 0.00114. The zero-order chi connectivity index (χ0) is 34.4. The second-order valence-electron chi connectivity index (χ2n) is 12.9. The zero-order valence-electron chi connectivity index (χ0n) is 29.2. The summed E-state index contributed by atoms with van der Waals surface area (Å²) >= 11 is 0. The molecular formula is C39H44N2O8. The van der Waals surface area contributed by atoms with Crippen LogP contribution in [0.4, 0.5) is 0 Å². The number of nitrogens with zero attached hydrogens (tertiary/aromatic N) is 2. The average molecular weight is 669 g/mol. The van der Waals surface area contributed by atoms with Crippen LogP contribution in [-0.4, -0.2) is 77.6 Å². The van der Waals surface area contributed by atoms with Crippen molar-refractivity contribution in [3.8, 4) is 57.5 Å². The van der Waals surface area contributed by atoms with Crippen LogP contribution in [-0.2, 0) is 25.7 Å². The van der Waals surface area contributed by atoms with Gasteiger partial charge in [0.15, 0.2) is 34.5 Å². The Morgan fingerprint density at radius 3 is 2.02 bits per heavy atom. The smallest absolute Gasteiger partial charge is 0.208 e. The normalized spacial score (nSPS) is 18.7. The number of ether oxygens (including phenoxy) is 7. The molecule has 10 heteroatoms. The maximum Gasteiger partial charge on any atom is 0.208 e. The molecule has 4 heterocycles. The van der Waals surface area contributed by atoms with Gasteiger partial charge in [0.05, 0.1) is 35.5 Å². The molecular weight excluding hydrogens is 624 g/mol. The lowest BCUT2D eigenvalue weighted by Crippen LogP contribution is -2.34. The van der Waals surface area contributed by atoms with Crippen molar-refractivity contribution in [2.24, 2.45) is 0 Å². The molecule has 8 rings (SSSR count). The van der Waals surface area contributed by atoms with E-state index in [0.717, 1.165) is 42.6 Å². The van der Waals surface area contributed by atoms with Gasteiger partial charge in [-0.25, -0.2) is 0 Å². The molecule has 10 nitrogen and oxygen atoms in total. The van der Waals surface area contributed by atoms with Crippen molar-refractivity contribution < 1.29 is 38.3 Å². The number of phenols is 1. The summed E-state index contributed by atoms with van der Waals surface area (Å²) in [5, 5.41) is 11.2. The number of methoxy groups -OCH3 is 5. The van der Waals surface area contributed by atoms with Crippen LogP contribution in [0.2, 0.25) is 0 Å². The third kappa shape index (κ3) is 5.72.